The minimum absolute atomic E-state index is 0.157. The fraction of sp³-hybridized carbons (Fsp3) is 0.360. The lowest BCUT2D eigenvalue weighted by molar-refractivity contribution is -0.141. The Hall–Kier alpha value is -3.68. The van der Waals surface area contributed by atoms with Crippen molar-refractivity contribution in [3.8, 4) is 5.75 Å². The van der Waals surface area contributed by atoms with E-state index < -0.39 is 24.1 Å². The zero-order valence-electron chi connectivity index (χ0n) is 18.8. The van der Waals surface area contributed by atoms with Crippen molar-refractivity contribution < 1.29 is 23.9 Å². The second-order valence-electron chi connectivity index (χ2n) is 8.66. The third-order valence-corrected chi connectivity index (χ3v) is 6.30. The molecule has 2 fully saturated rings. The van der Waals surface area contributed by atoms with E-state index in [1.165, 1.54) is 4.90 Å². The second-order valence-corrected chi connectivity index (χ2v) is 8.66. The van der Waals surface area contributed by atoms with Crippen LogP contribution in [0.25, 0.3) is 0 Å². The van der Waals surface area contributed by atoms with Crippen molar-refractivity contribution >= 4 is 29.5 Å². The molecule has 0 aromatic heterocycles. The van der Waals surface area contributed by atoms with E-state index in [0.717, 1.165) is 29.7 Å². The summed E-state index contributed by atoms with van der Waals surface area (Å²) in [6.45, 7) is 1.51. The van der Waals surface area contributed by atoms with Gasteiger partial charge in [-0.1, -0.05) is 37.0 Å². The van der Waals surface area contributed by atoms with Gasteiger partial charge in [0.1, 0.15) is 17.8 Å². The lowest BCUT2D eigenvalue weighted by atomic mass is 9.82. The predicted octanol–water partition coefficient (Wildman–Crippen LogP) is 3.43. The molecule has 0 unspecified atom stereocenters. The van der Waals surface area contributed by atoms with E-state index in [2.05, 4.69) is 5.32 Å². The summed E-state index contributed by atoms with van der Waals surface area (Å²) in [5, 5.41) is 2.78. The maximum absolute atomic E-state index is 12.8. The van der Waals surface area contributed by atoms with Crippen LogP contribution >= 0.6 is 0 Å². The average Bonchev–Trinajstić information content (AvgIpc) is 3.03. The lowest BCUT2D eigenvalue weighted by Gasteiger charge is -2.30. The van der Waals surface area contributed by atoms with Crippen molar-refractivity contribution in [2.24, 2.45) is 0 Å². The van der Waals surface area contributed by atoms with Crippen LogP contribution in [0, 0.1) is 6.92 Å². The van der Waals surface area contributed by atoms with Gasteiger partial charge in [-0.3, -0.25) is 14.5 Å². The molecule has 1 aliphatic carbocycles. The van der Waals surface area contributed by atoms with Gasteiger partial charge < -0.3 is 15.0 Å². The van der Waals surface area contributed by atoms with Crippen molar-refractivity contribution in [2.45, 2.75) is 44.6 Å². The Morgan fingerprint density at radius 1 is 1.00 bits per heavy atom. The smallest absolute Gasteiger partial charge is 0.331 e. The van der Waals surface area contributed by atoms with Crippen LogP contribution in [0.1, 0.15) is 48.0 Å². The van der Waals surface area contributed by atoms with Crippen LogP contribution < -0.4 is 15.0 Å². The topological polar surface area (TPSA) is 96.0 Å². The van der Waals surface area contributed by atoms with Crippen LogP contribution in [0.3, 0.4) is 0 Å². The summed E-state index contributed by atoms with van der Waals surface area (Å²) >= 11 is 0. The summed E-state index contributed by atoms with van der Waals surface area (Å²) in [5.74, 6) is -0.951. The van der Waals surface area contributed by atoms with Crippen LogP contribution in [0.4, 0.5) is 10.5 Å². The summed E-state index contributed by atoms with van der Waals surface area (Å²) in [4.78, 5) is 52.6. The van der Waals surface area contributed by atoms with Crippen LogP contribution in [0.15, 0.2) is 48.5 Å². The number of imide groups is 1. The molecule has 4 amide bonds. The Labute approximate surface area is 192 Å². The van der Waals surface area contributed by atoms with Gasteiger partial charge in [-0.05, 0) is 56.2 Å². The predicted molar refractivity (Wildman–Crippen MR) is 122 cm³/mol. The van der Waals surface area contributed by atoms with E-state index in [1.807, 2.05) is 19.1 Å². The third-order valence-electron chi connectivity index (χ3n) is 6.30. The maximum atomic E-state index is 12.8. The lowest BCUT2D eigenvalue weighted by Crippen LogP contribution is -2.48. The second kappa shape index (κ2) is 9.05. The van der Waals surface area contributed by atoms with Gasteiger partial charge in [0.2, 0.25) is 0 Å². The number of benzene rings is 2. The van der Waals surface area contributed by atoms with Crippen molar-refractivity contribution in [2.75, 3.05) is 18.5 Å². The van der Waals surface area contributed by atoms with Gasteiger partial charge in [0.05, 0.1) is 0 Å². The van der Waals surface area contributed by atoms with Crippen LogP contribution in [0.2, 0.25) is 0 Å². The number of amides is 4. The standard InChI is InChI=1S/C25H27N3O5/c1-17-6-8-18(9-7-17)22(30)27(2)19-10-12-20(13-11-19)33-21(29)16-28-23(31)25(26-24(28)32)14-4-3-5-15-25/h6-13H,3-5,14-16H2,1-2H3,(H,26,32). The fourth-order valence-corrected chi connectivity index (χ4v) is 4.35. The number of urea groups is 1. The van der Waals surface area contributed by atoms with Crippen molar-refractivity contribution in [3.63, 3.8) is 0 Å². The van der Waals surface area contributed by atoms with Crippen molar-refractivity contribution in [3.05, 3.63) is 59.7 Å². The number of ether oxygens (including phenoxy) is 1. The summed E-state index contributed by atoms with van der Waals surface area (Å²) in [6.07, 6.45) is 3.97. The minimum Gasteiger partial charge on any atom is -0.425 e. The number of nitrogens with zero attached hydrogens (tertiary/aromatic N) is 2. The first-order chi connectivity index (χ1) is 15.8. The number of rotatable bonds is 5. The molecule has 4 rings (SSSR count). The first kappa shape index (κ1) is 22.5. The largest absolute Gasteiger partial charge is 0.425 e. The number of nitrogens with one attached hydrogen (secondary N) is 1. The Bertz CT molecular complexity index is 1070. The monoisotopic (exact) mass is 449 g/mol. The summed E-state index contributed by atoms with van der Waals surface area (Å²) in [7, 11) is 1.67. The van der Waals surface area contributed by atoms with Gasteiger partial charge in [0, 0.05) is 18.3 Å². The molecular weight excluding hydrogens is 422 g/mol. The van der Waals surface area contributed by atoms with Crippen molar-refractivity contribution in [1.29, 1.82) is 0 Å². The van der Waals surface area contributed by atoms with E-state index >= 15 is 0 Å². The molecular formula is C25H27N3O5. The molecule has 1 saturated heterocycles. The maximum Gasteiger partial charge on any atom is 0.331 e. The van der Waals surface area contributed by atoms with E-state index in [0.29, 0.717) is 24.1 Å². The number of hydrogen-bond acceptors (Lipinski definition) is 5. The Morgan fingerprint density at radius 2 is 1.64 bits per heavy atom. The number of esters is 1. The first-order valence-corrected chi connectivity index (χ1v) is 11.1. The number of anilines is 1. The number of carbonyl (C=O) groups excluding carboxylic acids is 4. The molecule has 1 saturated carbocycles. The molecule has 1 heterocycles. The highest BCUT2D eigenvalue weighted by atomic mass is 16.5. The van der Waals surface area contributed by atoms with Gasteiger partial charge in [0.25, 0.3) is 11.8 Å². The van der Waals surface area contributed by atoms with Crippen LogP contribution in [-0.2, 0) is 9.59 Å². The van der Waals surface area contributed by atoms with Gasteiger partial charge in [-0.15, -0.1) is 0 Å². The van der Waals surface area contributed by atoms with E-state index in [1.54, 1.807) is 43.4 Å². The van der Waals surface area contributed by atoms with Gasteiger partial charge in [0.15, 0.2) is 0 Å². The molecule has 2 aromatic carbocycles. The van der Waals surface area contributed by atoms with E-state index in [-0.39, 0.29) is 17.6 Å². The Balaban J connectivity index is 1.36. The molecule has 1 aliphatic heterocycles. The molecule has 33 heavy (non-hydrogen) atoms. The molecule has 2 aliphatic rings. The van der Waals surface area contributed by atoms with Crippen LogP contribution in [0.5, 0.6) is 5.75 Å². The summed E-state index contributed by atoms with van der Waals surface area (Å²) in [5.41, 5.74) is 1.41. The molecule has 0 radical (unpaired) electrons. The van der Waals surface area contributed by atoms with Crippen molar-refractivity contribution in [1.82, 2.24) is 10.2 Å². The van der Waals surface area contributed by atoms with Gasteiger partial charge in [-0.25, -0.2) is 9.59 Å². The number of aryl methyl sites for hydroxylation is 1. The third kappa shape index (κ3) is 4.60. The normalized spacial score (nSPS) is 17.1. The molecule has 8 nitrogen and oxygen atoms in total. The van der Waals surface area contributed by atoms with E-state index in [9.17, 15) is 19.2 Å². The molecule has 8 heteroatoms. The molecule has 0 atom stereocenters. The Morgan fingerprint density at radius 3 is 2.27 bits per heavy atom. The molecule has 1 N–H and O–H groups in total. The summed E-state index contributed by atoms with van der Waals surface area (Å²) in [6, 6.07) is 13.2. The molecule has 2 aromatic rings. The Kier molecular flexibility index (Phi) is 6.18. The zero-order valence-corrected chi connectivity index (χ0v) is 18.8. The number of carbonyl (C=O) groups is 4. The molecule has 0 bridgehead atoms. The average molecular weight is 450 g/mol. The first-order valence-electron chi connectivity index (χ1n) is 11.1. The summed E-state index contributed by atoms with van der Waals surface area (Å²) < 4.78 is 5.33. The highest BCUT2D eigenvalue weighted by Gasteiger charge is 2.51. The quantitative estimate of drug-likeness (QED) is 0.429. The minimum atomic E-state index is -0.869. The SMILES string of the molecule is Cc1ccc(C(=O)N(C)c2ccc(OC(=O)CN3C(=O)NC4(CCCCC4)C3=O)cc2)cc1. The zero-order chi connectivity index (χ0) is 23.6. The molecule has 1 spiro atoms. The molecule has 172 valence electrons. The van der Waals surface area contributed by atoms with Gasteiger partial charge in [-0.2, -0.15) is 0 Å². The highest BCUT2D eigenvalue weighted by Crippen LogP contribution is 2.33. The highest BCUT2D eigenvalue weighted by molar-refractivity contribution is 6.09. The van der Waals surface area contributed by atoms with E-state index in [4.69, 9.17) is 4.74 Å². The van der Waals surface area contributed by atoms with Gasteiger partial charge >= 0.3 is 12.0 Å². The number of hydrogen-bond donors (Lipinski definition) is 1. The van der Waals surface area contributed by atoms with Crippen LogP contribution in [-0.4, -0.2) is 47.8 Å². The fourth-order valence-electron chi connectivity index (χ4n) is 4.35.